The van der Waals surface area contributed by atoms with E-state index in [4.69, 9.17) is 0 Å². The number of hydrogen-bond acceptors (Lipinski definition) is 6. The van der Waals surface area contributed by atoms with E-state index in [1.54, 1.807) is 0 Å². The zero-order valence-electron chi connectivity index (χ0n) is 19.0. The molecule has 2 amide bonds. The number of carbonyl (C=O) groups excluding carboxylic acids is 2. The van der Waals surface area contributed by atoms with Gasteiger partial charge in [-0.1, -0.05) is 19.4 Å². The molecule has 8 nitrogen and oxygen atoms in total. The summed E-state index contributed by atoms with van der Waals surface area (Å²) in [7, 11) is 0. The molecule has 1 fully saturated rings. The van der Waals surface area contributed by atoms with Gasteiger partial charge in [0.05, 0.1) is 11.8 Å². The molecule has 1 aromatic rings. The maximum atomic E-state index is 13.9. The Morgan fingerprint density at radius 2 is 1.97 bits per heavy atom. The van der Waals surface area contributed by atoms with Crippen molar-refractivity contribution in [3.05, 3.63) is 58.1 Å². The zero-order chi connectivity index (χ0) is 25.8. The number of halogens is 4. The summed E-state index contributed by atoms with van der Waals surface area (Å²) in [6.07, 6.45) is 0.912. The van der Waals surface area contributed by atoms with Gasteiger partial charge in [0.15, 0.2) is 11.5 Å². The van der Waals surface area contributed by atoms with Crippen molar-refractivity contribution >= 4 is 18.0 Å². The van der Waals surface area contributed by atoms with Crippen LogP contribution in [0.1, 0.15) is 44.6 Å². The SMILES string of the molecule is CCCC/C1=C(/O)C(O)=C(C(=O)NCc2ccc(F)cc2F)C=NNCN(C2CC(F)(F)C2)C1=O. The van der Waals surface area contributed by atoms with E-state index in [2.05, 4.69) is 15.8 Å². The van der Waals surface area contributed by atoms with Crippen LogP contribution in [0.3, 0.4) is 0 Å². The Balaban J connectivity index is 1.91. The molecule has 0 radical (unpaired) electrons. The number of amides is 2. The molecule has 0 bridgehead atoms. The molecule has 1 aromatic carbocycles. The molecule has 1 saturated carbocycles. The highest BCUT2D eigenvalue weighted by Gasteiger charge is 2.49. The second-order valence-electron chi connectivity index (χ2n) is 8.38. The molecular formula is C23H26F4N4O4. The van der Waals surface area contributed by atoms with Gasteiger partial charge in [-0.15, -0.1) is 0 Å². The lowest BCUT2D eigenvalue weighted by atomic mass is 9.86. The highest BCUT2D eigenvalue weighted by molar-refractivity contribution is 6.13. The average molecular weight is 498 g/mol. The van der Waals surface area contributed by atoms with Crippen LogP contribution in [-0.4, -0.2) is 51.8 Å². The van der Waals surface area contributed by atoms with Crippen molar-refractivity contribution in [2.75, 3.05) is 6.67 Å². The third kappa shape index (κ3) is 6.11. The molecular weight excluding hydrogens is 472 g/mol. The van der Waals surface area contributed by atoms with E-state index in [1.165, 1.54) is 0 Å². The number of alkyl halides is 2. The van der Waals surface area contributed by atoms with Gasteiger partial charge in [-0.05, 0) is 18.9 Å². The fourth-order valence-electron chi connectivity index (χ4n) is 3.73. The molecule has 1 aliphatic carbocycles. The molecule has 2 aliphatic rings. The van der Waals surface area contributed by atoms with Gasteiger partial charge < -0.3 is 20.4 Å². The van der Waals surface area contributed by atoms with Gasteiger partial charge in [-0.2, -0.15) is 5.10 Å². The van der Waals surface area contributed by atoms with Crippen molar-refractivity contribution in [1.29, 1.82) is 0 Å². The van der Waals surface area contributed by atoms with Gasteiger partial charge in [-0.3, -0.25) is 15.0 Å². The van der Waals surface area contributed by atoms with Gasteiger partial charge in [-0.25, -0.2) is 17.6 Å². The van der Waals surface area contributed by atoms with Crippen LogP contribution in [0.25, 0.3) is 0 Å². The minimum Gasteiger partial charge on any atom is -0.504 e. The van der Waals surface area contributed by atoms with Crippen LogP contribution < -0.4 is 10.7 Å². The number of nitrogens with one attached hydrogen (secondary N) is 2. The number of hydrazone groups is 1. The van der Waals surface area contributed by atoms with Crippen molar-refractivity contribution in [3.63, 3.8) is 0 Å². The number of carbonyl (C=O) groups is 2. The molecule has 3 rings (SSSR count). The second-order valence-corrected chi connectivity index (χ2v) is 8.38. The van der Waals surface area contributed by atoms with Crippen LogP contribution in [-0.2, 0) is 16.1 Å². The van der Waals surface area contributed by atoms with Crippen LogP contribution >= 0.6 is 0 Å². The van der Waals surface area contributed by atoms with E-state index in [0.717, 1.165) is 23.2 Å². The lowest BCUT2D eigenvalue weighted by Gasteiger charge is -2.42. The van der Waals surface area contributed by atoms with E-state index in [9.17, 15) is 37.4 Å². The van der Waals surface area contributed by atoms with E-state index in [1.807, 2.05) is 6.92 Å². The van der Waals surface area contributed by atoms with Crippen LogP contribution in [0.2, 0.25) is 0 Å². The summed E-state index contributed by atoms with van der Waals surface area (Å²) in [5, 5.41) is 27.5. The van der Waals surface area contributed by atoms with Gasteiger partial charge in [0.25, 0.3) is 17.7 Å². The number of benzene rings is 1. The molecule has 0 atom stereocenters. The first kappa shape index (κ1) is 26.0. The van der Waals surface area contributed by atoms with Crippen molar-refractivity contribution in [2.45, 2.75) is 57.5 Å². The minimum absolute atomic E-state index is 0.0255. The summed E-state index contributed by atoms with van der Waals surface area (Å²) in [6.45, 7) is 1.21. The number of rotatable bonds is 7. The van der Waals surface area contributed by atoms with Crippen molar-refractivity contribution < 1.29 is 37.4 Å². The Morgan fingerprint density at radius 3 is 2.60 bits per heavy atom. The Labute approximate surface area is 199 Å². The molecule has 190 valence electrons. The maximum Gasteiger partial charge on any atom is 0.257 e. The summed E-state index contributed by atoms with van der Waals surface area (Å²) < 4.78 is 53.8. The number of unbranched alkanes of at least 4 members (excludes halogenated alkanes) is 1. The quantitative estimate of drug-likeness (QED) is 0.429. The first-order valence-electron chi connectivity index (χ1n) is 11.1. The van der Waals surface area contributed by atoms with E-state index in [0.29, 0.717) is 18.9 Å². The molecule has 0 aromatic heterocycles. The van der Waals surface area contributed by atoms with Gasteiger partial charge in [0.1, 0.15) is 23.9 Å². The Bertz CT molecular complexity index is 1080. The topological polar surface area (TPSA) is 114 Å². The Morgan fingerprint density at radius 1 is 1.26 bits per heavy atom. The van der Waals surface area contributed by atoms with Crippen LogP contribution in [0.5, 0.6) is 0 Å². The summed E-state index contributed by atoms with van der Waals surface area (Å²) in [5.74, 6) is -8.11. The minimum atomic E-state index is -2.89. The van der Waals surface area contributed by atoms with E-state index < -0.39 is 65.3 Å². The first-order chi connectivity index (χ1) is 16.5. The van der Waals surface area contributed by atoms with Crippen LogP contribution in [0.4, 0.5) is 17.6 Å². The number of hydrogen-bond donors (Lipinski definition) is 4. The lowest BCUT2D eigenvalue weighted by Crippen LogP contribution is -2.55. The molecule has 35 heavy (non-hydrogen) atoms. The maximum absolute atomic E-state index is 13.9. The summed E-state index contributed by atoms with van der Waals surface area (Å²) in [5.41, 5.74) is 1.71. The van der Waals surface area contributed by atoms with Gasteiger partial charge >= 0.3 is 0 Å². The van der Waals surface area contributed by atoms with Gasteiger partial charge in [0.2, 0.25) is 0 Å². The number of aliphatic hydroxyl groups is 2. The highest BCUT2D eigenvalue weighted by Crippen LogP contribution is 2.41. The van der Waals surface area contributed by atoms with E-state index in [-0.39, 0.29) is 30.8 Å². The Hall–Kier alpha value is -3.57. The highest BCUT2D eigenvalue weighted by atomic mass is 19.3. The van der Waals surface area contributed by atoms with Crippen molar-refractivity contribution in [3.8, 4) is 0 Å². The monoisotopic (exact) mass is 498 g/mol. The average Bonchev–Trinajstić information content (AvgIpc) is 2.78. The number of nitrogens with zero attached hydrogens (tertiary/aromatic N) is 2. The third-order valence-electron chi connectivity index (χ3n) is 5.80. The molecule has 12 heteroatoms. The molecule has 0 unspecified atom stereocenters. The summed E-state index contributed by atoms with van der Waals surface area (Å²) in [6, 6.07) is 2.01. The normalized spacial score (nSPS) is 20.9. The van der Waals surface area contributed by atoms with Crippen molar-refractivity contribution in [2.24, 2.45) is 5.10 Å². The molecule has 0 saturated heterocycles. The number of aliphatic hydroxyl groups excluding tert-OH is 2. The largest absolute Gasteiger partial charge is 0.504 e. The smallest absolute Gasteiger partial charge is 0.257 e. The molecule has 1 heterocycles. The van der Waals surface area contributed by atoms with E-state index >= 15 is 0 Å². The van der Waals surface area contributed by atoms with Crippen LogP contribution in [0, 0.1) is 11.6 Å². The fourth-order valence-corrected chi connectivity index (χ4v) is 3.73. The zero-order valence-corrected chi connectivity index (χ0v) is 19.0. The fraction of sp³-hybridized carbons (Fsp3) is 0.435. The van der Waals surface area contributed by atoms with Crippen molar-refractivity contribution in [1.82, 2.24) is 15.6 Å². The third-order valence-corrected chi connectivity index (χ3v) is 5.80. The molecule has 1 aliphatic heterocycles. The Kier molecular flexibility index (Phi) is 8.03. The first-order valence-corrected chi connectivity index (χ1v) is 11.1. The second kappa shape index (κ2) is 10.8. The van der Waals surface area contributed by atoms with Crippen LogP contribution in [0.15, 0.2) is 46.0 Å². The van der Waals surface area contributed by atoms with Gasteiger partial charge in [0, 0.05) is 37.1 Å². The molecule has 4 N–H and O–H groups in total. The standard InChI is InChI=1S/C23H26F4N4O4/c1-2-3-4-16-19(32)20(33)17(21(34)28-10-13-5-6-14(24)7-18(13)25)11-29-30-12-31(22(16)35)15-8-23(26,27)9-15/h5-7,11,15,30,32-33H,2-4,8-10,12H2,1H3,(H,28,34)/b19-16-,20-17?,29-11?. The summed E-state index contributed by atoms with van der Waals surface area (Å²) >= 11 is 0. The lowest BCUT2D eigenvalue weighted by molar-refractivity contribution is -0.151. The summed E-state index contributed by atoms with van der Waals surface area (Å²) in [4.78, 5) is 27.0. The molecule has 0 spiro atoms. The predicted octanol–water partition coefficient (Wildman–Crippen LogP) is 3.57. The predicted molar refractivity (Wildman–Crippen MR) is 118 cm³/mol.